The van der Waals surface area contributed by atoms with E-state index in [1.165, 1.54) is 6.07 Å². The maximum Gasteiger partial charge on any atom is 0.191 e. The Balaban J connectivity index is 0.00000392. The number of guanidine groups is 1. The van der Waals surface area contributed by atoms with Crippen LogP contribution in [0.25, 0.3) is 0 Å². The first kappa shape index (κ1) is 25.1. The van der Waals surface area contributed by atoms with Crippen molar-refractivity contribution in [1.82, 2.24) is 10.6 Å². The van der Waals surface area contributed by atoms with E-state index in [0.29, 0.717) is 12.3 Å². The van der Waals surface area contributed by atoms with E-state index in [1.807, 2.05) is 33.8 Å². The predicted octanol–water partition coefficient (Wildman–Crippen LogP) is 3.51. The summed E-state index contributed by atoms with van der Waals surface area (Å²) < 4.78 is 25.5. The lowest BCUT2D eigenvalue weighted by atomic mass is 10.0. The van der Waals surface area contributed by atoms with Crippen molar-refractivity contribution in [2.75, 3.05) is 36.8 Å². The molecule has 1 fully saturated rings. The molecule has 0 aliphatic carbocycles. The summed E-state index contributed by atoms with van der Waals surface area (Å²) in [5.41, 5.74) is 0.920. The lowest BCUT2D eigenvalue weighted by Gasteiger charge is -2.35. The van der Waals surface area contributed by atoms with Gasteiger partial charge in [0.1, 0.15) is 5.82 Å². The smallest absolute Gasteiger partial charge is 0.191 e. The molecule has 8 heteroatoms. The number of nitrogens with zero attached hydrogens (tertiary/aromatic N) is 2. The summed E-state index contributed by atoms with van der Waals surface area (Å²) in [7, 11) is -0.904. The third kappa shape index (κ3) is 8.23. The molecule has 2 unspecified atom stereocenters. The number of hydrogen-bond donors (Lipinski definition) is 2. The molecule has 28 heavy (non-hydrogen) atoms. The first-order chi connectivity index (χ1) is 12.8. The van der Waals surface area contributed by atoms with Crippen molar-refractivity contribution >= 4 is 46.4 Å². The summed E-state index contributed by atoms with van der Waals surface area (Å²) in [4.78, 5) is 6.81. The number of halogens is 2. The topological polar surface area (TPSA) is 56.7 Å². The Morgan fingerprint density at radius 1 is 1.39 bits per heavy atom. The molecule has 5 nitrogen and oxygen atoms in total. The fraction of sp³-hybridized carbons (Fsp3) is 0.650. The molecular weight excluding hydrogens is 490 g/mol. The maximum atomic E-state index is 13.5. The normalized spacial score (nSPS) is 19.0. The lowest BCUT2D eigenvalue weighted by molar-refractivity contribution is 0.467. The minimum Gasteiger partial charge on any atom is -0.369 e. The van der Waals surface area contributed by atoms with Crippen molar-refractivity contribution in [2.45, 2.75) is 51.3 Å². The molecule has 2 atom stereocenters. The summed E-state index contributed by atoms with van der Waals surface area (Å²) in [6.07, 6.45) is 2.09. The molecule has 1 aromatic rings. The molecule has 1 aromatic carbocycles. The van der Waals surface area contributed by atoms with E-state index in [9.17, 15) is 8.60 Å². The van der Waals surface area contributed by atoms with Gasteiger partial charge < -0.3 is 15.5 Å². The third-order valence-corrected chi connectivity index (χ3v) is 6.43. The molecule has 0 spiro atoms. The van der Waals surface area contributed by atoms with Gasteiger partial charge in [-0.25, -0.2) is 4.39 Å². The second-order valence-electron chi connectivity index (χ2n) is 7.83. The number of piperidine rings is 1. The van der Waals surface area contributed by atoms with Gasteiger partial charge in [-0.3, -0.25) is 9.20 Å². The largest absolute Gasteiger partial charge is 0.369 e. The zero-order valence-corrected chi connectivity index (χ0v) is 20.5. The van der Waals surface area contributed by atoms with Crippen LogP contribution in [0, 0.1) is 5.82 Å². The molecule has 2 N–H and O–H groups in total. The highest BCUT2D eigenvalue weighted by molar-refractivity contribution is 14.0. The first-order valence-electron chi connectivity index (χ1n) is 9.73. The van der Waals surface area contributed by atoms with Crippen molar-refractivity contribution in [2.24, 2.45) is 4.99 Å². The van der Waals surface area contributed by atoms with Crippen molar-refractivity contribution in [1.29, 1.82) is 0 Å². The number of nitrogens with one attached hydrogen (secondary N) is 2. The highest BCUT2D eigenvalue weighted by atomic mass is 127. The second-order valence-corrected chi connectivity index (χ2v) is 10.2. The SMILES string of the molecule is CCNC(=NCCS(=O)C(C)(C)C)NC1CCCN(c2cccc(F)c2)C1.I. The summed E-state index contributed by atoms with van der Waals surface area (Å²) in [5.74, 6) is 1.11. The fourth-order valence-electron chi connectivity index (χ4n) is 3.06. The Morgan fingerprint density at radius 2 is 2.14 bits per heavy atom. The zero-order valence-electron chi connectivity index (χ0n) is 17.3. The van der Waals surface area contributed by atoms with Crippen molar-refractivity contribution in [3.8, 4) is 0 Å². The molecule has 1 saturated heterocycles. The molecule has 1 aliphatic rings. The van der Waals surface area contributed by atoms with Gasteiger partial charge >= 0.3 is 0 Å². The molecule has 1 heterocycles. The molecule has 1 aliphatic heterocycles. The van der Waals surface area contributed by atoms with Crippen LogP contribution in [-0.2, 0) is 10.8 Å². The van der Waals surface area contributed by atoms with Gasteiger partial charge in [-0.1, -0.05) is 6.07 Å². The average Bonchev–Trinajstić information content (AvgIpc) is 2.61. The summed E-state index contributed by atoms with van der Waals surface area (Å²) in [6, 6.07) is 7.01. The number of aliphatic imine (C=N–C) groups is 1. The van der Waals surface area contributed by atoms with Crippen LogP contribution in [0.15, 0.2) is 29.3 Å². The van der Waals surface area contributed by atoms with Gasteiger partial charge in [-0.05, 0) is 58.7 Å². The predicted molar refractivity (Wildman–Crippen MR) is 129 cm³/mol. The molecule has 2 rings (SSSR count). The van der Waals surface area contributed by atoms with Gasteiger partial charge in [0.15, 0.2) is 5.96 Å². The zero-order chi connectivity index (χ0) is 19.9. The quantitative estimate of drug-likeness (QED) is 0.340. The Morgan fingerprint density at radius 3 is 2.79 bits per heavy atom. The molecule has 0 aromatic heterocycles. The van der Waals surface area contributed by atoms with E-state index in [2.05, 4.69) is 20.5 Å². The standard InChI is InChI=1S/C20H33FN4OS.HI/c1-5-22-19(23-11-13-27(26)20(2,3)4)24-17-9-7-12-25(15-17)18-10-6-8-16(21)14-18;/h6,8,10,14,17H,5,7,9,11-13,15H2,1-4H3,(H2,22,23,24);1H. The van der Waals surface area contributed by atoms with Crippen molar-refractivity contribution in [3.63, 3.8) is 0 Å². The highest BCUT2D eigenvalue weighted by Gasteiger charge is 2.22. The molecule has 160 valence electrons. The Labute approximate surface area is 188 Å². The van der Waals surface area contributed by atoms with E-state index in [1.54, 1.807) is 12.1 Å². The fourth-order valence-corrected chi connectivity index (χ4v) is 3.93. The van der Waals surface area contributed by atoms with Crippen molar-refractivity contribution in [3.05, 3.63) is 30.1 Å². The number of anilines is 1. The van der Waals surface area contributed by atoms with Crippen LogP contribution < -0.4 is 15.5 Å². The Hall–Kier alpha value is -0.900. The molecule has 0 saturated carbocycles. The van der Waals surface area contributed by atoms with Gasteiger partial charge in [-0.2, -0.15) is 0 Å². The van der Waals surface area contributed by atoms with Gasteiger partial charge in [0.2, 0.25) is 0 Å². The van der Waals surface area contributed by atoms with Gasteiger partial charge in [0.05, 0.1) is 6.54 Å². The summed E-state index contributed by atoms with van der Waals surface area (Å²) in [5, 5.41) is 6.76. The number of rotatable bonds is 6. The second kappa shape index (κ2) is 11.9. The van der Waals surface area contributed by atoms with E-state index in [-0.39, 0.29) is 40.6 Å². The molecular formula is C20H34FIN4OS. The van der Waals surface area contributed by atoms with Gasteiger partial charge in [0, 0.05) is 52.7 Å². The summed E-state index contributed by atoms with van der Waals surface area (Å²) >= 11 is 0. The third-order valence-electron chi connectivity index (χ3n) is 4.51. The van der Waals surface area contributed by atoms with E-state index < -0.39 is 10.8 Å². The summed E-state index contributed by atoms with van der Waals surface area (Å²) in [6.45, 7) is 11.0. The van der Waals surface area contributed by atoms with Crippen LogP contribution in [0.3, 0.4) is 0 Å². The van der Waals surface area contributed by atoms with Gasteiger partial charge in [-0.15, -0.1) is 24.0 Å². The minimum absolute atomic E-state index is 0. The van der Waals surface area contributed by atoms with Crippen LogP contribution in [0.2, 0.25) is 0 Å². The molecule has 0 amide bonds. The highest BCUT2D eigenvalue weighted by Crippen LogP contribution is 2.20. The molecule has 0 bridgehead atoms. The van der Waals surface area contributed by atoms with Crippen LogP contribution in [-0.4, -0.2) is 52.9 Å². The van der Waals surface area contributed by atoms with E-state index in [4.69, 9.17) is 0 Å². The lowest BCUT2D eigenvalue weighted by Crippen LogP contribution is -2.51. The Kier molecular flexibility index (Phi) is 10.7. The van der Waals surface area contributed by atoms with Crippen LogP contribution in [0.4, 0.5) is 10.1 Å². The monoisotopic (exact) mass is 524 g/mol. The maximum absolute atomic E-state index is 13.5. The molecule has 0 radical (unpaired) electrons. The first-order valence-corrected chi connectivity index (χ1v) is 11.1. The Bertz CT molecular complexity index is 666. The van der Waals surface area contributed by atoms with Crippen LogP contribution in [0.5, 0.6) is 0 Å². The van der Waals surface area contributed by atoms with Gasteiger partial charge in [0.25, 0.3) is 0 Å². The van der Waals surface area contributed by atoms with E-state index in [0.717, 1.165) is 44.1 Å². The van der Waals surface area contributed by atoms with E-state index >= 15 is 0 Å². The van der Waals surface area contributed by atoms with Crippen molar-refractivity contribution < 1.29 is 8.60 Å². The average molecular weight is 524 g/mol. The number of benzene rings is 1. The van der Waals surface area contributed by atoms with Crippen LogP contribution in [0.1, 0.15) is 40.5 Å². The number of hydrogen-bond acceptors (Lipinski definition) is 3. The minimum atomic E-state index is -0.904. The van der Waals surface area contributed by atoms with Crippen LogP contribution >= 0.6 is 24.0 Å².